The maximum atomic E-state index is 5.35. The van der Waals surface area contributed by atoms with E-state index >= 15 is 0 Å². The summed E-state index contributed by atoms with van der Waals surface area (Å²) in [6.07, 6.45) is 4.63. The maximum Gasteiger partial charge on any atom is 0.225 e. The van der Waals surface area contributed by atoms with Crippen molar-refractivity contribution in [1.29, 1.82) is 0 Å². The Morgan fingerprint density at radius 2 is 1.80 bits per heavy atom. The summed E-state index contributed by atoms with van der Waals surface area (Å²) in [5.74, 6) is 2.93. The van der Waals surface area contributed by atoms with Crippen LogP contribution < -0.4 is 25.0 Å². The molecule has 0 spiro atoms. The molecule has 1 aromatic carbocycles. The Labute approximate surface area is 178 Å². The van der Waals surface area contributed by atoms with E-state index in [9.17, 15) is 0 Å². The summed E-state index contributed by atoms with van der Waals surface area (Å²) in [5, 5.41) is 6.65. The fourth-order valence-corrected chi connectivity index (χ4v) is 3.37. The van der Waals surface area contributed by atoms with Crippen molar-refractivity contribution in [3.05, 3.63) is 36.7 Å². The molecule has 1 saturated heterocycles. The highest BCUT2D eigenvalue weighted by molar-refractivity contribution is 5.93. The fourth-order valence-electron chi connectivity index (χ4n) is 3.37. The fraction of sp³-hybridized carbons (Fsp3) is 0.476. The Kier molecular flexibility index (Phi) is 8.08. The molecule has 2 N–H and O–H groups in total. The number of rotatable bonds is 8. The molecular weight excluding hydrogens is 382 g/mol. The Bertz CT molecular complexity index is 808. The number of benzene rings is 1. The number of anilines is 2. The summed E-state index contributed by atoms with van der Waals surface area (Å²) in [6, 6.07) is 7.54. The molecule has 9 heteroatoms. The average Bonchev–Trinajstić information content (AvgIpc) is 2.81. The van der Waals surface area contributed by atoms with Gasteiger partial charge in [-0.25, -0.2) is 9.97 Å². The zero-order valence-electron chi connectivity index (χ0n) is 18.0. The minimum Gasteiger partial charge on any atom is -0.493 e. The number of guanidine groups is 1. The Balaban J connectivity index is 1.37. The predicted octanol–water partition coefficient (Wildman–Crippen LogP) is 1.69. The molecule has 162 valence electrons. The van der Waals surface area contributed by atoms with Crippen molar-refractivity contribution >= 4 is 17.6 Å². The predicted molar refractivity (Wildman–Crippen MR) is 120 cm³/mol. The van der Waals surface area contributed by atoms with Gasteiger partial charge in [-0.2, -0.15) is 0 Å². The van der Waals surface area contributed by atoms with E-state index < -0.39 is 0 Å². The van der Waals surface area contributed by atoms with Gasteiger partial charge in [0.05, 0.1) is 14.2 Å². The van der Waals surface area contributed by atoms with Gasteiger partial charge < -0.3 is 25.0 Å². The van der Waals surface area contributed by atoms with Gasteiger partial charge in [0.1, 0.15) is 0 Å². The summed E-state index contributed by atoms with van der Waals surface area (Å²) in [7, 11) is 5.02. The summed E-state index contributed by atoms with van der Waals surface area (Å²) in [6.45, 7) is 5.85. The van der Waals surface area contributed by atoms with E-state index in [1.54, 1.807) is 33.7 Å². The number of nitrogens with zero attached hydrogens (tertiary/aromatic N) is 5. The molecule has 1 aromatic heterocycles. The van der Waals surface area contributed by atoms with Crippen molar-refractivity contribution in [1.82, 2.24) is 20.2 Å². The first-order valence-corrected chi connectivity index (χ1v) is 10.2. The molecule has 1 aliphatic rings. The number of ether oxygens (including phenoxy) is 2. The molecule has 0 atom stereocenters. The number of piperazine rings is 1. The summed E-state index contributed by atoms with van der Waals surface area (Å²) >= 11 is 0. The highest BCUT2D eigenvalue weighted by Crippen LogP contribution is 2.29. The first kappa shape index (κ1) is 21.6. The van der Waals surface area contributed by atoms with Crippen LogP contribution in [0.25, 0.3) is 0 Å². The second kappa shape index (κ2) is 11.2. The number of aliphatic imine (C=N–C) groups is 1. The summed E-state index contributed by atoms with van der Waals surface area (Å²) < 4.78 is 10.6. The number of aromatic nitrogens is 2. The van der Waals surface area contributed by atoms with Crippen LogP contribution in [0, 0.1) is 0 Å². The molecule has 0 unspecified atom stereocenters. The zero-order chi connectivity index (χ0) is 21.2. The molecule has 0 amide bonds. The minimum atomic E-state index is 0.679. The number of nitrogens with one attached hydrogen (secondary N) is 2. The van der Waals surface area contributed by atoms with E-state index in [0.717, 1.165) is 63.3 Å². The standard InChI is InChI=1S/C21H31N7O2/c1-22-20(26-17-6-7-18(29-2)19(16-17)30-3)23-10-5-11-27-12-14-28(15-13-27)21-24-8-4-9-25-21/h4,6-9,16H,5,10-15H2,1-3H3,(H2,22,23,26). The zero-order valence-corrected chi connectivity index (χ0v) is 18.0. The number of methoxy groups -OCH3 is 2. The molecular formula is C21H31N7O2. The van der Waals surface area contributed by atoms with Gasteiger partial charge in [-0.05, 0) is 31.2 Å². The minimum absolute atomic E-state index is 0.679. The van der Waals surface area contributed by atoms with Gasteiger partial charge in [0, 0.05) is 63.9 Å². The molecule has 0 aliphatic carbocycles. The molecule has 2 aromatic rings. The monoisotopic (exact) mass is 413 g/mol. The van der Waals surface area contributed by atoms with Crippen molar-refractivity contribution in [3.63, 3.8) is 0 Å². The van der Waals surface area contributed by atoms with Gasteiger partial charge >= 0.3 is 0 Å². The van der Waals surface area contributed by atoms with Gasteiger partial charge in [0.25, 0.3) is 0 Å². The summed E-state index contributed by atoms with van der Waals surface area (Å²) in [5.41, 5.74) is 0.889. The van der Waals surface area contributed by atoms with Gasteiger partial charge in [-0.1, -0.05) is 0 Å². The van der Waals surface area contributed by atoms with Gasteiger partial charge in [0.15, 0.2) is 17.5 Å². The lowest BCUT2D eigenvalue weighted by Crippen LogP contribution is -2.47. The maximum absolute atomic E-state index is 5.35. The Hall–Kier alpha value is -3.07. The van der Waals surface area contributed by atoms with E-state index in [1.165, 1.54) is 0 Å². The summed E-state index contributed by atoms with van der Waals surface area (Å²) in [4.78, 5) is 17.7. The molecule has 3 rings (SSSR count). The Morgan fingerprint density at radius 3 is 2.47 bits per heavy atom. The molecule has 9 nitrogen and oxygen atoms in total. The number of hydrogen-bond acceptors (Lipinski definition) is 7. The van der Waals surface area contributed by atoms with Crippen molar-refractivity contribution < 1.29 is 9.47 Å². The molecule has 1 aliphatic heterocycles. The molecule has 2 heterocycles. The average molecular weight is 414 g/mol. The third-order valence-corrected chi connectivity index (χ3v) is 5.02. The van der Waals surface area contributed by atoms with E-state index in [1.807, 2.05) is 24.3 Å². The highest BCUT2D eigenvalue weighted by Gasteiger charge is 2.18. The smallest absolute Gasteiger partial charge is 0.225 e. The molecule has 0 saturated carbocycles. The van der Waals surface area contributed by atoms with Gasteiger partial charge in [-0.3, -0.25) is 9.89 Å². The van der Waals surface area contributed by atoms with E-state index in [2.05, 4.69) is 35.4 Å². The lowest BCUT2D eigenvalue weighted by molar-refractivity contribution is 0.254. The van der Waals surface area contributed by atoms with Crippen molar-refractivity contribution in [2.45, 2.75) is 6.42 Å². The van der Waals surface area contributed by atoms with Crippen LogP contribution in [0.5, 0.6) is 11.5 Å². The molecule has 0 bridgehead atoms. The lowest BCUT2D eigenvalue weighted by Gasteiger charge is -2.34. The SMILES string of the molecule is CN=C(NCCCN1CCN(c2ncccn2)CC1)Nc1ccc(OC)c(OC)c1. The first-order chi connectivity index (χ1) is 14.7. The normalized spacial score (nSPS) is 15.0. The Morgan fingerprint density at radius 1 is 1.07 bits per heavy atom. The molecule has 1 fully saturated rings. The van der Waals surface area contributed by atoms with E-state index in [-0.39, 0.29) is 0 Å². The molecule has 0 radical (unpaired) electrons. The lowest BCUT2D eigenvalue weighted by atomic mass is 10.2. The quantitative estimate of drug-likeness (QED) is 0.384. The highest BCUT2D eigenvalue weighted by atomic mass is 16.5. The first-order valence-electron chi connectivity index (χ1n) is 10.2. The third-order valence-electron chi connectivity index (χ3n) is 5.02. The van der Waals surface area contributed by atoms with E-state index in [4.69, 9.17) is 9.47 Å². The second-order valence-corrected chi connectivity index (χ2v) is 6.92. The second-order valence-electron chi connectivity index (χ2n) is 6.92. The van der Waals surface area contributed by atoms with Crippen LogP contribution >= 0.6 is 0 Å². The van der Waals surface area contributed by atoms with Crippen LogP contribution in [0.3, 0.4) is 0 Å². The third kappa shape index (κ3) is 5.96. The topological polar surface area (TPSA) is 87.1 Å². The van der Waals surface area contributed by atoms with Crippen molar-refractivity contribution in [2.24, 2.45) is 4.99 Å². The van der Waals surface area contributed by atoms with E-state index in [0.29, 0.717) is 11.5 Å². The van der Waals surface area contributed by atoms with Crippen LogP contribution in [0.1, 0.15) is 6.42 Å². The van der Waals surface area contributed by atoms with Crippen molar-refractivity contribution in [2.75, 3.05) is 70.8 Å². The van der Waals surface area contributed by atoms with Crippen LogP contribution in [0.2, 0.25) is 0 Å². The van der Waals surface area contributed by atoms with Crippen LogP contribution in [0.4, 0.5) is 11.6 Å². The van der Waals surface area contributed by atoms with Gasteiger partial charge in [-0.15, -0.1) is 0 Å². The van der Waals surface area contributed by atoms with Crippen molar-refractivity contribution in [3.8, 4) is 11.5 Å². The van der Waals surface area contributed by atoms with Crippen LogP contribution in [-0.2, 0) is 0 Å². The number of hydrogen-bond donors (Lipinski definition) is 2. The molecule has 30 heavy (non-hydrogen) atoms. The van der Waals surface area contributed by atoms with Crippen LogP contribution in [-0.4, -0.2) is 81.4 Å². The van der Waals surface area contributed by atoms with Crippen LogP contribution in [0.15, 0.2) is 41.7 Å². The van der Waals surface area contributed by atoms with Gasteiger partial charge in [0.2, 0.25) is 5.95 Å². The largest absolute Gasteiger partial charge is 0.493 e.